The molecule has 0 saturated heterocycles. The summed E-state index contributed by atoms with van der Waals surface area (Å²) >= 11 is 3.65. The monoisotopic (exact) mass is 315 g/mol. The summed E-state index contributed by atoms with van der Waals surface area (Å²) in [6.45, 7) is 0. The van der Waals surface area contributed by atoms with Gasteiger partial charge in [-0.2, -0.15) is 29.5 Å². The van der Waals surface area contributed by atoms with Crippen molar-refractivity contribution in [3.05, 3.63) is 0 Å². The Morgan fingerprint density at radius 1 is 1.18 bits per heavy atom. The van der Waals surface area contributed by atoms with E-state index in [1.807, 2.05) is 0 Å². The predicted molar refractivity (Wildman–Crippen MR) is 54.7 cm³/mol. The van der Waals surface area contributed by atoms with Crippen molar-refractivity contribution < 1.29 is 44.5 Å². The van der Waals surface area contributed by atoms with E-state index in [4.69, 9.17) is 19.9 Å². The van der Waals surface area contributed by atoms with Crippen LogP contribution < -0.4 is 5.73 Å². The predicted octanol–water partition coefficient (Wildman–Crippen LogP) is -2.13. The van der Waals surface area contributed by atoms with E-state index in [1.165, 1.54) is 0 Å². The van der Waals surface area contributed by atoms with Crippen molar-refractivity contribution in [2.45, 2.75) is 6.04 Å². The maximum Gasteiger partial charge on any atom is 0.425 e. The summed E-state index contributed by atoms with van der Waals surface area (Å²) in [5.74, 6) is -0.815. The second kappa shape index (κ2) is 7.77. The van der Waals surface area contributed by atoms with Gasteiger partial charge in [-0.3, -0.25) is 13.9 Å². The van der Waals surface area contributed by atoms with Crippen molar-refractivity contribution in [2.24, 2.45) is 5.73 Å². The summed E-state index contributed by atoms with van der Waals surface area (Å²) in [7, 11) is -10.0. The van der Waals surface area contributed by atoms with Crippen molar-refractivity contribution >= 4 is 39.4 Å². The molecular formula is C3H9NO10S3. The maximum absolute atomic E-state index is 9.76. The number of carboxylic acid groups (broad SMARTS) is 1. The van der Waals surface area contributed by atoms with Gasteiger partial charge in [-0.1, -0.05) is 8.67 Å². The highest BCUT2D eigenvalue weighted by Crippen LogP contribution is 1.92. The van der Waals surface area contributed by atoms with E-state index in [-0.39, 0.29) is 5.75 Å². The molecule has 104 valence electrons. The lowest BCUT2D eigenvalue weighted by Crippen LogP contribution is -2.31. The number of nitrogens with two attached hydrogens (primary N) is 1. The average Bonchev–Trinajstić information content (AvgIpc) is 2.12. The highest BCUT2D eigenvalue weighted by atomic mass is 32.3. The second-order valence-electron chi connectivity index (χ2n) is 2.12. The zero-order valence-electron chi connectivity index (χ0n) is 7.82. The van der Waals surface area contributed by atoms with Gasteiger partial charge in [0.15, 0.2) is 0 Å². The first-order valence-electron chi connectivity index (χ1n) is 3.31. The first-order valence-corrected chi connectivity index (χ1v) is 6.67. The van der Waals surface area contributed by atoms with Gasteiger partial charge >= 0.3 is 26.8 Å². The van der Waals surface area contributed by atoms with Gasteiger partial charge < -0.3 is 10.8 Å². The van der Waals surface area contributed by atoms with Gasteiger partial charge in [0.1, 0.15) is 6.04 Å². The lowest BCUT2D eigenvalue weighted by molar-refractivity contribution is -0.137. The van der Waals surface area contributed by atoms with Crippen LogP contribution in [0.25, 0.3) is 0 Å². The van der Waals surface area contributed by atoms with Gasteiger partial charge in [-0.15, -0.1) is 0 Å². The summed E-state index contributed by atoms with van der Waals surface area (Å²) in [5.41, 5.74) is 4.94. The third-order valence-electron chi connectivity index (χ3n) is 0.714. The molecule has 0 aromatic heterocycles. The lowest BCUT2D eigenvalue weighted by atomic mass is 10.4. The van der Waals surface area contributed by atoms with Crippen molar-refractivity contribution in [3.8, 4) is 0 Å². The van der Waals surface area contributed by atoms with Crippen LogP contribution in [0, 0.1) is 0 Å². The van der Waals surface area contributed by atoms with E-state index < -0.39 is 32.8 Å². The number of thiol groups is 1. The fourth-order valence-corrected chi connectivity index (χ4v) is 0.866. The molecule has 0 aromatic carbocycles. The Morgan fingerprint density at radius 2 is 1.47 bits per heavy atom. The van der Waals surface area contributed by atoms with E-state index in [0.717, 1.165) is 0 Å². The summed E-state index contributed by atoms with van der Waals surface area (Å²) in [6.07, 6.45) is 0. The van der Waals surface area contributed by atoms with Gasteiger partial charge in [0.2, 0.25) is 0 Å². The molecule has 1 atom stereocenters. The van der Waals surface area contributed by atoms with Crippen molar-refractivity contribution in [2.75, 3.05) is 5.75 Å². The Hall–Kier alpha value is -0.480. The number of rotatable bonds is 5. The first kappa shape index (κ1) is 18.9. The van der Waals surface area contributed by atoms with E-state index >= 15 is 0 Å². The topological polar surface area (TPSA) is 191 Å². The second-order valence-corrected chi connectivity index (χ2v) is 4.47. The Balaban J connectivity index is 0. The molecule has 0 radical (unpaired) electrons. The fraction of sp³-hybridized carbons (Fsp3) is 0.667. The molecule has 14 heteroatoms. The Morgan fingerprint density at radius 3 is 1.53 bits per heavy atom. The molecule has 0 rings (SSSR count). The average molecular weight is 315 g/mol. The van der Waals surface area contributed by atoms with Crippen molar-refractivity contribution in [3.63, 3.8) is 0 Å². The summed E-state index contributed by atoms with van der Waals surface area (Å²) in [5, 5.41) is 8.01. The molecule has 0 aliphatic carbocycles. The van der Waals surface area contributed by atoms with Crippen LogP contribution >= 0.6 is 12.6 Å². The largest absolute Gasteiger partial charge is 0.480 e. The van der Waals surface area contributed by atoms with E-state index in [2.05, 4.69) is 21.3 Å². The van der Waals surface area contributed by atoms with Crippen LogP contribution in [0.4, 0.5) is 0 Å². The minimum absolute atomic E-state index is 0.190. The first-order chi connectivity index (χ1) is 7.39. The van der Waals surface area contributed by atoms with Gasteiger partial charge in [-0.05, 0) is 0 Å². The van der Waals surface area contributed by atoms with Crippen LogP contribution in [0.2, 0.25) is 0 Å². The number of carbonyl (C=O) groups is 1. The van der Waals surface area contributed by atoms with Crippen LogP contribution in [0.5, 0.6) is 0 Å². The van der Waals surface area contributed by atoms with E-state index in [0.29, 0.717) is 0 Å². The van der Waals surface area contributed by atoms with Crippen LogP contribution in [0.15, 0.2) is 0 Å². The van der Waals surface area contributed by atoms with Crippen LogP contribution in [-0.2, 0) is 34.3 Å². The van der Waals surface area contributed by atoms with Crippen LogP contribution in [-0.4, -0.2) is 48.8 Å². The summed E-state index contributed by atoms with van der Waals surface area (Å²) < 4.78 is 58.9. The summed E-state index contributed by atoms with van der Waals surface area (Å²) in [4.78, 5) is 9.76. The molecule has 5 N–H and O–H groups in total. The third-order valence-corrected chi connectivity index (χ3v) is 1.67. The molecule has 0 unspecified atom stereocenters. The molecule has 11 nitrogen and oxygen atoms in total. The summed E-state index contributed by atoms with van der Waals surface area (Å²) in [6, 6.07) is -0.816. The Labute approximate surface area is 102 Å². The highest BCUT2D eigenvalue weighted by molar-refractivity contribution is 7.83. The van der Waals surface area contributed by atoms with Crippen molar-refractivity contribution in [1.29, 1.82) is 0 Å². The number of hydrogen-bond donors (Lipinski definition) is 5. The fourth-order valence-electron chi connectivity index (χ4n) is 0.148. The molecule has 0 saturated carbocycles. The Kier molecular flexibility index (Phi) is 8.63. The molecule has 0 bridgehead atoms. The molecule has 0 aliphatic heterocycles. The molecule has 0 heterocycles. The molecule has 0 amide bonds. The van der Waals surface area contributed by atoms with Crippen LogP contribution in [0.1, 0.15) is 0 Å². The third kappa shape index (κ3) is 18.1. The highest BCUT2D eigenvalue weighted by Gasteiger charge is 2.13. The normalized spacial score (nSPS) is 13.4. The maximum atomic E-state index is 9.76. The van der Waals surface area contributed by atoms with Gasteiger partial charge in [0, 0.05) is 5.75 Å². The van der Waals surface area contributed by atoms with Crippen molar-refractivity contribution in [1.82, 2.24) is 0 Å². The zero-order valence-corrected chi connectivity index (χ0v) is 10.4. The molecule has 0 fully saturated rings. The number of aliphatic carboxylic acids is 1. The Bertz CT molecular complexity index is 392. The van der Waals surface area contributed by atoms with Crippen LogP contribution in [0.3, 0.4) is 0 Å². The molecule has 0 aliphatic rings. The smallest absolute Gasteiger partial charge is 0.425 e. The quantitative estimate of drug-likeness (QED) is 0.161. The zero-order chi connectivity index (χ0) is 14.3. The number of hydrogen-bond acceptors (Lipinski definition) is 9. The lowest BCUT2D eigenvalue weighted by Gasteiger charge is -1.96. The van der Waals surface area contributed by atoms with Gasteiger partial charge in [0.05, 0.1) is 0 Å². The molecule has 17 heavy (non-hydrogen) atoms. The molecule has 0 spiro atoms. The van der Waals surface area contributed by atoms with E-state index in [1.54, 1.807) is 0 Å². The van der Waals surface area contributed by atoms with Gasteiger partial charge in [-0.25, -0.2) is 0 Å². The molecular weight excluding hydrogens is 306 g/mol. The van der Waals surface area contributed by atoms with E-state index in [9.17, 15) is 21.6 Å². The minimum atomic E-state index is -5.02. The minimum Gasteiger partial charge on any atom is -0.480 e. The number of carboxylic acids is 1. The standard InChI is InChI=1S/C3H7NO2S.H2O8S2/c4-2(1-7)3(5)6;1-9(2,3)7-8-10(4,5)6/h2,7H,1,4H2,(H,5,6);(H,1,2,3)(H,4,5,6)/t2-;/m0./s1/i7+0;. The van der Waals surface area contributed by atoms with Gasteiger partial charge in [0.25, 0.3) is 0 Å². The molecule has 0 aromatic rings. The SMILES string of the molecule is N[C@@H](C[32SH])C(=O)O.O=S(=O)(O)OOS(=O)(=O)O.